The van der Waals surface area contributed by atoms with Crippen molar-refractivity contribution in [3.05, 3.63) is 0 Å². The molecule has 1 fully saturated rings. The van der Waals surface area contributed by atoms with Crippen LogP contribution in [0.2, 0.25) is 0 Å². The summed E-state index contributed by atoms with van der Waals surface area (Å²) in [6.07, 6.45) is 4.15. The van der Waals surface area contributed by atoms with Crippen LogP contribution < -0.4 is 5.32 Å². The third kappa shape index (κ3) is 5.36. The van der Waals surface area contributed by atoms with Gasteiger partial charge in [-0.3, -0.25) is 9.69 Å². The smallest absolute Gasteiger partial charge is 0.307 e. The number of rotatable bonds is 7. The van der Waals surface area contributed by atoms with Gasteiger partial charge >= 0.3 is 5.97 Å². The van der Waals surface area contributed by atoms with Crippen LogP contribution in [0.5, 0.6) is 0 Å². The second-order valence-corrected chi connectivity index (χ2v) is 5.32. The number of hydrogen-bond donors (Lipinski definition) is 1. The first-order valence-corrected chi connectivity index (χ1v) is 7.19. The minimum atomic E-state index is -0.103. The molecule has 0 aromatic carbocycles. The van der Waals surface area contributed by atoms with Gasteiger partial charge in [0.2, 0.25) is 0 Å². The maximum Gasteiger partial charge on any atom is 0.307 e. The first-order chi connectivity index (χ1) is 8.67. The van der Waals surface area contributed by atoms with E-state index in [9.17, 15) is 4.79 Å². The fraction of sp³-hybridized carbons (Fsp3) is 0.929. The maximum absolute atomic E-state index is 11.4. The Labute approximate surface area is 111 Å². The molecule has 0 radical (unpaired) electrons. The van der Waals surface area contributed by atoms with Crippen molar-refractivity contribution >= 4 is 5.97 Å². The van der Waals surface area contributed by atoms with Crippen LogP contribution in [0, 0.1) is 5.92 Å². The second kappa shape index (κ2) is 8.48. The predicted octanol–water partition coefficient (Wildman–Crippen LogP) is 1.65. The molecule has 18 heavy (non-hydrogen) atoms. The summed E-state index contributed by atoms with van der Waals surface area (Å²) in [5, 5.41) is 3.40. The maximum atomic E-state index is 11.4. The van der Waals surface area contributed by atoms with E-state index in [0.29, 0.717) is 6.42 Å². The van der Waals surface area contributed by atoms with E-state index in [0.717, 1.165) is 38.5 Å². The summed E-state index contributed by atoms with van der Waals surface area (Å²) in [5.41, 5.74) is 0. The van der Waals surface area contributed by atoms with E-state index in [1.165, 1.54) is 20.0 Å². The van der Waals surface area contributed by atoms with Crippen LogP contribution in [0.4, 0.5) is 0 Å². The lowest BCUT2D eigenvalue weighted by atomic mass is 9.96. The van der Waals surface area contributed by atoms with E-state index in [4.69, 9.17) is 4.74 Å². The van der Waals surface area contributed by atoms with Gasteiger partial charge in [-0.2, -0.15) is 0 Å². The summed E-state index contributed by atoms with van der Waals surface area (Å²) in [6.45, 7) is 8.79. The molecule has 1 N–H and O–H groups in total. The highest BCUT2D eigenvalue weighted by Gasteiger charge is 2.21. The largest absolute Gasteiger partial charge is 0.469 e. The van der Waals surface area contributed by atoms with Crippen molar-refractivity contribution in [2.45, 2.75) is 45.6 Å². The van der Waals surface area contributed by atoms with Gasteiger partial charge in [-0.1, -0.05) is 6.92 Å². The Bertz CT molecular complexity index is 240. The summed E-state index contributed by atoms with van der Waals surface area (Å²) in [4.78, 5) is 13.8. The number of ether oxygens (including phenoxy) is 1. The molecule has 1 aliphatic rings. The van der Waals surface area contributed by atoms with Gasteiger partial charge in [0.25, 0.3) is 0 Å². The third-order valence-electron chi connectivity index (χ3n) is 3.78. The number of carbonyl (C=O) groups excluding carboxylic acids is 1. The summed E-state index contributed by atoms with van der Waals surface area (Å²) < 4.78 is 4.76. The van der Waals surface area contributed by atoms with Gasteiger partial charge in [0, 0.05) is 12.6 Å². The van der Waals surface area contributed by atoms with E-state index in [1.54, 1.807) is 0 Å². The van der Waals surface area contributed by atoms with Gasteiger partial charge in [-0.15, -0.1) is 0 Å². The fourth-order valence-corrected chi connectivity index (χ4v) is 2.63. The van der Waals surface area contributed by atoms with Crippen LogP contribution in [0.15, 0.2) is 0 Å². The van der Waals surface area contributed by atoms with Gasteiger partial charge in [-0.05, 0) is 51.7 Å². The van der Waals surface area contributed by atoms with Crippen LogP contribution in [0.3, 0.4) is 0 Å². The average molecular weight is 256 g/mol. The van der Waals surface area contributed by atoms with Crippen LogP contribution in [0.25, 0.3) is 0 Å². The first-order valence-electron chi connectivity index (χ1n) is 7.19. The molecule has 0 aromatic heterocycles. The molecule has 0 aliphatic carbocycles. The van der Waals surface area contributed by atoms with E-state index >= 15 is 0 Å². The molecule has 1 heterocycles. The van der Waals surface area contributed by atoms with Crippen LogP contribution in [-0.2, 0) is 9.53 Å². The Morgan fingerprint density at radius 2 is 2.11 bits per heavy atom. The van der Waals surface area contributed by atoms with Gasteiger partial charge in [0.05, 0.1) is 13.5 Å². The van der Waals surface area contributed by atoms with Gasteiger partial charge in [-0.25, -0.2) is 0 Å². The number of methoxy groups -OCH3 is 1. The summed E-state index contributed by atoms with van der Waals surface area (Å²) >= 11 is 0. The van der Waals surface area contributed by atoms with Gasteiger partial charge in [0.1, 0.15) is 0 Å². The number of nitrogens with one attached hydrogen (secondary N) is 1. The monoisotopic (exact) mass is 256 g/mol. The number of nitrogens with zero attached hydrogens (tertiary/aromatic N) is 1. The lowest BCUT2D eigenvalue weighted by Gasteiger charge is -2.33. The molecular weight excluding hydrogens is 228 g/mol. The quantitative estimate of drug-likeness (QED) is 0.703. The molecule has 1 rings (SSSR count). The summed E-state index contributed by atoms with van der Waals surface area (Å²) in [6, 6.07) is 0.285. The third-order valence-corrected chi connectivity index (χ3v) is 3.78. The Hall–Kier alpha value is -0.610. The van der Waals surface area contributed by atoms with Crippen molar-refractivity contribution in [1.29, 1.82) is 0 Å². The summed E-state index contributed by atoms with van der Waals surface area (Å²) in [7, 11) is 1.46. The number of hydrogen-bond acceptors (Lipinski definition) is 4. The molecule has 1 aliphatic heterocycles. The Morgan fingerprint density at radius 3 is 2.67 bits per heavy atom. The Balaban J connectivity index is 2.43. The van der Waals surface area contributed by atoms with E-state index in [-0.39, 0.29) is 12.0 Å². The van der Waals surface area contributed by atoms with Crippen molar-refractivity contribution in [2.75, 3.05) is 33.3 Å². The SMILES string of the molecule is CCCN(CC1CCNCC1)C(C)CC(=O)OC. The zero-order valence-corrected chi connectivity index (χ0v) is 12.1. The normalized spacial score (nSPS) is 18.9. The highest BCUT2D eigenvalue weighted by molar-refractivity contribution is 5.69. The molecule has 0 aromatic rings. The van der Waals surface area contributed by atoms with Crippen molar-refractivity contribution in [3.63, 3.8) is 0 Å². The van der Waals surface area contributed by atoms with E-state index in [2.05, 4.69) is 24.1 Å². The van der Waals surface area contributed by atoms with Gasteiger partial charge in [0.15, 0.2) is 0 Å². The molecule has 1 unspecified atom stereocenters. The van der Waals surface area contributed by atoms with E-state index in [1.807, 2.05) is 0 Å². The number of esters is 1. The summed E-state index contributed by atoms with van der Waals surface area (Å²) in [5.74, 6) is 0.673. The van der Waals surface area contributed by atoms with E-state index < -0.39 is 0 Å². The van der Waals surface area contributed by atoms with Crippen molar-refractivity contribution in [3.8, 4) is 0 Å². The fourth-order valence-electron chi connectivity index (χ4n) is 2.63. The molecule has 1 saturated heterocycles. The highest BCUT2D eigenvalue weighted by Crippen LogP contribution is 2.16. The topological polar surface area (TPSA) is 41.6 Å². The van der Waals surface area contributed by atoms with Crippen LogP contribution >= 0.6 is 0 Å². The second-order valence-electron chi connectivity index (χ2n) is 5.32. The van der Waals surface area contributed by atoms with Crippen molar-refractivity contribution in [2.24, 2.45) is 5.92 Å². The number of piperidine rings is 1. The van der Waals surface area contributed by atoms with Crippen molar-refractivity contribution in [1.82, 2.24) is 10.2 Å². The molecule has 0 spiro atoms. The lowest BCUT2D eigenvalue weighted by molar-refractivity contribution is -0.142. The molecule has 106 valence electrons. The molecule has 4 nitrogen and oxygen atoms in total. The molecule has 0 saturated carbocycles. The molecule has 4 heteroatoms. The Morgan fingerprint density at radius 1 is 1.44 bits per heavy atom. The molecule has 0 bridgehead atoms. The van der Waals surface area contributed by atoms with Crippen molar-refractivity contribution < 1.29 is 9.53 Å². The van der Waals surface area contributed by atoms with Crippen LogP contribution in [0.1, 0.15) is 39.5 Å². The first kappa shape index (κ1) is 15.4. The molecule has 1 atom stereocenters. The lowest BCUT2D eigenvalue weighted by Crippen LogP contribution is -2.41. The standard InChI is InChI=1S/C14H28N2O2/c1-4-9-16(12(2)10-14(17)18-3)11-13-5-7-15-8-6-13/h12-13,15H,4-11H2,1-3H3. The molecule has 0 amide bonds. The zero-order valence-electron chi connectivity index (χ0n) is 12.1. The molecular formula is C14H28N2O2. The highest BCUT2D eigenvalue weighted by atomic mass is 16.5. The van der Waals surface area contributed by atoms with Gasteiger partial charge < -0.3 is 10.1 Å². The van der Waals surface area contributed by atoms with Crippen LogP contribution in [-0.4, -0.2) is 50.2 Å². The number of carbonyl (C=O) groups is 1. The average Bonchev–Trinajstić information content (AvgIpc) is 2.39. The zero-order chi connectivity index (χ0) is 13.4. The minimum absolute atomic E-state index is 0.103. The minimum Gasteiger partial charge on any atom is -0.469 e. The Kier molecular flexibility index (Phi) is 7.28. The predicted molar refractivity (Wildman–Crippen MR) is 73.6 cm³/mol.